The second-order valence-electron chi connectivity index (χ2n) is 6.69. The van der Waals surface area contributed by atoms with Crippen molar-refractivity contribution in [3.8, 4) is 0 Å². The van der Waals surface area contributed by atoms with Crippen molar-refractivity contribution in [1.29, 1.82) is 0 Å². The minimum atomic E-state index is -0.256. The van der Waals surface area contributed by atoms with E-state index in [9.17, 15) is 4.79 Å². The van der Waals surface area contributed by atoms with Crippen molar-refractivity contribution in [2.75, 3.05) is 19.7 Å². The highest BCUT2D eigenvalue weighted by molar-refractivity contribution is 7.09. The number of carbonyl (C=O) groups excluding carboxylic acids is 1. The minimum absolute atomic E-state index is 0.00453. The Morgan fingerprint density at radius 2 is 2.36 bits per heavy atom. The van der Waals surface area contributed by atoms with Crippen molar-refractivity contribution in [1.82, 2.24) is 14.9 Å². The van der Waals surface area contributed by atoms with Crippen LogP contribution in [0.15, 0.2) is 29.8 Å². The standard InChI is InChI=1S/C18H21N3O3S/c1-13-20-16(10-25-13)17(22)21-11-18(12-21)8-15(5-7-24-18)23-9-14-4-2-3-6-19-14/h2-4,6,10,15H,5,7-9,11-12H2,1H3/t15-/m1/s1. The SMILES string of the molecule is Cc1nc(C(=O)N2CC3(C[C@H](OCc4ccccn4)CCO3)C2)cs1. The van der Waals surface area contributed by atoms with E-state index in [0.717, 1.165) is 23.5 Å². The zero-order chi connectivity index (χ0) is 17.3. The maximum absolute atomic E-state index is 12.4. The summed E-state index contributed by atoms with van der Waals surface area (Å²) in [4.78, 5) is 22.8. The van der Waals surface area contributed by atoms with E-state index in [0.29, 0.717) is 32.0 Å². The maximum Gasteiger partial charge on any atom is 0.273 e. The minimum Gasteiger partial charge on any atom is -0.372 e. The fourth-order valence-corrected chi connectivity index (χ4v) is 4.04. The van der Waals surface area contributed by atoms with E-state index in [-0.39, 0.29) is 17.6 Å². The summed E-state index contributed by atoms with van der Waals surface area (Å²) in [6, 6.07) is 5.83. The van der Waals surface area contributed by atoms with Crippen LogP contribution in [0.1, 0.15) is 34.0 Å². The van der Waals surface area contributed by atoms with Crippen LogP contribution in [0.25, 0.3) is 0 Å². The number of aryl methyl sites for hydroxylation is 1. The third-order valence-electron chi connectivity index (χ3n) is 4.72. The second kappa shape index (κ2) is 6.82. The molecule has 2 aliphatic heterocycles. The predicted molar refractivity (Wildman–Crippen MR) is 93.5 cm³/mol. The van der Waals surface area contributed by atoms with Crippen molar-refractivity contribution >= 4 is 17.2 Å². The second-order valence-corrected chi connectivity index (χ2v) is 7.75. The van der Waals surface area contributed by atoms with Crippen molar-refractivity contribution in [2.24, 2.45) is 0 Å². The number of ether oxygens (including phenoxy) is 2. The monoisotopic (exact) mass is 359 g/mol. The summed E-state index contributed by atoms with van der Waals surface area (Å²) in [5.41, 5.74) is 1.22. The molecule has 1 atom stereocenters. The first-order valence-corrected chi connectivity index (χ1v) is 9.38. The number of likely N-dealkylation sites (tertiary alicyclic amines) is 1. The molecule has 2 fully saturated rings. The number of thiazole rings is 1. The lowest BCUT2D eigenvalue weighted by Gasteiger charge is -2.52. The van der Waals surface area contributed by atoms with Gasteiger partial charge in [0.25, 0.3) is 5.91 Å². The normalized spacial score (nSPS) is 22.0. The highest BCUT2D eigenvalue weighted by Crippen LogP contribution is 2.36. The molecule has 2 saturated heterocycles. The van der Waals surface area contributed by atoms with Crippen molar-refractivity contribution in [3.63, 3.8) is 0 Å². The summed E-state index contributed by atoms with van der Waals surface area (Å²) in [6.45, 7) is 4.33. The van der Waals surface area contributed by atoms with Crippen LogP contribution in [-0.2, 0) is 16.1 Å². The summed E-state index contributed by atoms with van der Waals surface area (Å²) in [7, 11) is 0. The smallest absolute Gasteiger partial charge is 0.273 e. The quantitative estimate of drug-likeness (QED) is 0.839. The van der Waals surface area contributed by atoms with Gasteiger partial charge in [-0.25, -0.2) is 4.98 Å². The first-order chi connectivity index (χ1) is 12.1. The lowest BCUT2D eigenvalue weighted by molar-refractivity contribution is -0.188. The summed E-state index contributed by atoms with van der Waals surface area (Å²) in [5, 5.41) is 2.74. The number of pyridine rings is 1. The van der Waals surface area contributed by atoms with E-state index in [1.54, 1.807) is 6.20 Å². The molecule has 132 valence electrons. The van der Waals surface area contributed by atoms with Crippen LogP contribution in [0, 0.1) is 6.92 Å². The van der Waals surface area contributed by atoms with E-state index in [2.05, 4.69) is 9.97 Å². The Bertz CT molecular complexity index is 743. The molecule has 0 aromatic carbocycles. The van der Waals surface area contributed by atoms with Crippen LogP contribution in [-0.4, -0.2) is 52.2 Å². The molecule has 0 radical (unpaired) electrons. The van der Waals surface area contributed by atoms with Gasteiger partial charge in [-0.2, -0.15) is 0 Å². The number of amides is 1. The van der Waals surface area contributed by atoms with Crippen LogP contribution in [0.3, 0.4) is 0 Å². The average molecular weight is 359 g/mol. The van der Waals surface area contributed by atoms with Gasteiger partial charge in [-0.15, -0.1) is 11.3 Å². The molecular weight excluding hydrogens is 338 g/mol. The molecule has 7 heteroatoms. The zero-order valence-corrected chi connectivity index (χ0v) is 15.0. The van der Waals surface area contributed by atoms with Gasteiger partial charge in [0.2, 0.25) is 0 Å². The van der Waals surface area contributed by atoms with Gasteiger partial charge in [0, 0.05) is 24.6 Å². The third kappa shape index (κ3) is 3.58. The van der Waals surface area contributed by atoms with E-state index < -0.39 is 0 Å². The summed E-state index contributed by atoms with van der Waals surface area (Å²) in [6.07, 6.45) is 3.63. The van der Waals surface area contributed by atoms with Gasteiger partial charge in [0.05, 0.1) is 36.5 Å². The molecule has 0 aliphatic carbocycles. The maximum atomic E-state index is 12.4. The molecular formula is C18H21N3O3S. The van der Waals surface area contributed by atoms with Gasteiger partial charge in [-0.05, 0) is 25.5 Å². The highest BCUT2D eigenvalue weighted by atomic mass is 32.1. The highest BCUT2D eigenvalue weighted by Gasteiger charge is 2.50. The van der Waals surface area contributed by atoms with E-state index >= 15 is 0 Å². The first kappa shape index (κ1) is 16.6. The van der Waals surface area contributed by atoms with Crippen LogP contribution >= 0.6 is 11.3 Å². The number of hydrogen-bond donors (Lipinski definition) is 0. The Labute approximate surface area is 150 Å². The molecule has 0 unspecified atom stereocenters. The van der Waals surface area contributed by atoms with Gasteiger partial charge in [-0.3, -0.25) is 9.78 Å². The van der Waals surface area contributed by atoms with Crippen molar-refractivity contribution in [3.05, 3.63) is 46.2 Å². The molecule has 0 bridgehead atoms. The molecule has 0 saturated carbocycles. The summed E-state index contributed by atoms with van der Waals surface area (Å²) >= 11 is 1.50. The van der Waals surface area contributed by atoms with Crippen LogP contribution in [0.5, 0.6) is 0 Å². The topological polar surface area (TPSA) is 64.6 Å². The van der Waals surface area contributed by atoms with E-state index in [1.807, 2.05) is 35.4 Å². The Kier molecular flexibility index (Phi) is 4.54. The number of rotatable bonds is 4. The van der Waals surface area contributed by atoms with Gasteiger partial charge in [0.15, 0.2) is 0 Å². The molecule has 4 rings (SSSR count). The summed E-state index contributed by atoms with van der Waals surface area (Å²) in [5.74, 6) is -0.00453. The van der Waals surface area contributed by atoms with Gasteiger partial charge >= 0.3 is 0 Å². The lowest BCUT2D eigenvalue weighted by atomic mass is 9.84. The Morgan fingerprint density at radius 3 is 3.08 bits per heavy atom. The molecule has 1 amide bonds. The van der Waals surface area contributed by atoms with Gasteiger partial charge in [0.1, 0.15) is 11.3 Å². The fraction of sp³-hybridized carbons (Fsp3) is 0.500. The molecule has 2 aliphatic rings. The first-order valence-electron chi connectivity index (χ1n) is 8.50. The molecule has 4 heterocycles. The fourth-order valence-electron chi connectivity index (χ4n) is 3.45. The molecule has 25 heavy (non-hydrogen) atoms. The van der Waals surface area contributed by atoms with Gasteiger partial charge < -0.3 is 14.4 Å². The number of carbonyl (C=O) groups is 1. The van der Waals surface area contributed by atoms with E-state index in [1.165, 1.54) is 11.3 Å². The molecule has 6 nitrogen and oxygen atoms in total. The Balaban J connectivity index is 1.31. The average Bonchev–Trinajstić information content (AvgIpc) is 3.05. The van der Waals surface area contributed by atoms with Crippen LogP contribution in [0.4, 0.5) is 0 Å². The zero-order valence-electron chi connectivity index (χ0n) is 14.2. The molecule has 1 spiro atoms. The van der Waals surface area contributed by atoms with Crippen molar-refractivity contribution < 1.29 is 14.3 Å². The molecule has 0 N–H and O–H groups in total. The van der Waals surface area contributed by atoms with Crippen LogP contribution in [0.2, 0.25) is 0 Å². The van der Waals surface area contributed by atoms with Gasteiger partial charge in [-0.1, -0.05) is 6.07 Å². The van der Waals surface area contributed by atoms with Crippen molar-refractivity contribution in [2.45, 2.75) is 38.1 Å². The Morgan fingerprint density at radius 1 is 1.48 bits per heavy atom. The number of nitrogens with zero attached hydrogens (tertiary/aromatic N) is 3. The Hall–Kier alpha value is -1.83. The number of aromatic nitrogens is 2. The largest absolute Gasteiger partial charge is 0.372 e. The van der Waals surface area contributed by atoms with Crippen LogP contribution < -0.4 is 0 Å². The predicted octanol–water partition coefficient (Wildman–Crippen LogP) is 2.44. The molecule has 2 aromatic rings. The lowest BCUT2D eigenvalue weighted by Crippen LogP contribution is -2.67. The number of hydrogen-bond acceptors (Lipinski definition) is 6. The third-order valence-corrected chi connectivity index (χ3v) is 5.50. The summed E-state index contributed by atoms with van der Waals surface area (Å²) < 4.78 is 12.0. The van der Waals surface area contributed by atoms with E-state index in [4.69, 9.17) is 9.47 Å². The molecule has 2 aromatic heterocycles.